The molecule has 0 aliphatic carbocycles. The van der Waals surface area contributed by atoms with Crippen molar-refractivity contribution in [3.63, 3.8) is 0 Å². The lowest BCUT2D eigenvalue weighted by Crippen LogP contribution is -2.50. The summed E-state index contributed by atoms with van der Waals surface area (Å²) in [6.07, 6.45) is 5.45. The standard InChI is InChI=1S/C28H30N6O3/c1-32(2)14-6-9-24(35)33-15-19(16-33)17-34-18-23(25-26(34)28(36)31-30-27(25)29)20-10-12-22(13-11-20)37-21-7-4-3-5-8-21/h3-13,18-19H,14-17H2,1-2H3,(H2,29,30)(H,31,36). The second kappa shape index (κ2) is 10.3. The van der Waals surface area contributed by atoms with Gasteiger partial charge in [0.05, 0.1) is 5.39 Å². The average molecular weight is 499 g/mol. The zero-order valence-electron chi connectivity index (χ0n) is 20.9. The highest BCUT2D eigenvalue weighted by Gasteiger charge is 2.30. The number of amides is 1. The van der Waals surface area contributed by atoms with E-state index in [1.807, 2.05) is 95.3 Å². The lowest BCUT2D eigenvalue weighted by molar-refractivity contribution is -0.132. The molecule has 2 aromatic carbocycles. The van der Waals surface area contributed by atoms with Crippen LogP contribution in [-0.4, -0.2) is 64.2 Å². The SMILES string of the molecule is CN(C)CC=CC(=O)N1CC(Cn2cc(-c3ccc(Oc4ccccc4)cc3)c3c(N)n[nH]c(=O)c32)C1. The molecule has 5 rings (SSSR count). The number of nitrogens with one attached hydrogen (secondary N) is 1. The first-order chi connectivity index (χ1) is 17.9. The lowest BCUT2D eigenvalue weighted by atomic mass is 10.00. The van der Waals surface area contributed by atoms with Crippen LogP contribution in [0.5, 0.6) is 11.5 Å². The fraction of sp³-hybridized carbons (Fsp3) is 0.250. The van der Waals surface area contributed by atoms with Crippen LogP contribution in [0.3, 0.4) is 0 Å². The summed E-state index contributed by atoms with van der Waals surface area (Å²) in [5.41, 5.74) is 8.16. The van der Waals surface area contributed by atoms with Gasteiger partial charge in [-0.05, 0) is 43.9 Å². The Bertz CT molecular complexity index is 1480. The molecule has 0 spiro atoms. The number of ether oxygens (including phenoxy) is 1. The van der Waals surface area contributed by atoms with Crippen LogP contribution in [0.15, 0.2) is 77.7 Å². The number of nitrogen functional groups attached to an aromatic ring is 1. The molecule has 1 aliphatic heterocycles. The predicted octanol–water partition coefficient (Wildman–Crippen LogP) is 3.34. The van der Waals surface area contributed by atoms with Crippen molar-refractivity contribution in [3.05, 3.63) is 83.3 Å². The molecule has 2 aromatic heterocycles. The van der Waals surface area contributed by atoms with Crippen LogP contribution in [0.25, 0.3) is 22.0 Å². The number of fused-ring (bicyclic) bond motifs is 1. The molecule has 1 saturated heterocycles. The minimum Gasteiger partial charge on any atom is -0.457 e. The minimum atomic E-state index is -0.293. The van der Waals surface area contributed by atoms with Crippen molar-refractivity contribution in [2.24, 2.45) is 5.92 Å². The van der Waals surface area contributed by atoms with Crippen LogP contribution in [0, 0.1) is 5.92 Å². The molecule has 190 valence electrons. The molecule has 4 aromatic rings. The lowest BCUT2D eigenvalue weighted by Gasteiger charge is -2.39. The third-order valence-electron chi connectivity index (χ3n) is 6.43. The Labute approximate surface area is 214 Å². The van der Waals surface area contributed by atoms with Crippen LogP contribution in [0.2, 0.25) is 0 Å². The largest absolute Gasteiger partial charge is 0.457 e. The second-order valence-electron chi connectivity index (χ2n) is 9.57. The number of hydrogen-bond donors (Lipinski definition) is 2. The summed E-state index contributed by atoms with van der Waals surface area (Å²) in [6.45, 7) is 2.61. The Morgan fingerprint density at radius 3 is 2.54 bits per heavy atom. The summed E-state index contributed by atoms with van der Waals surface area (Å²) < 4.78 is 7.84. The maximum Gasteiger partial charge on any atom is 0.288 e. The van der Waals surface area contributed by atoms with Crippen LogP contribution < -0.4 is 16.0 Å². The number of carbonyl (C=O) groups excluding carboxylic acids is 1. The van der Waals surface area contributed by atoms with E-state index in [4.69, 9.17) is 10.5 Å². The number of nitrogens with zero attached hydrogens (tertiary/aromatic N) is 4. The number of benzene rings is 2. The zero-order chi connectivity index (χ0) is 25.9. The van der Waals surface area contributed by atoms with Gasteiger partial charge in [-0.1, -0.05) is 36.4 Å². The first kappa shape index (κ1) is 24.3. The molecule has 3 N–H and O–H groups in total. The number of nitrogens with two attached hydrogens (primary N) is 1. The summed E-state index contributed by atoms with van der Waals surface area (Å²) in [5.74, 6) is 1.99. The number of rotatable bonds is 8. The van der Waals surface area contributed by atoms with Gasteiger partial charge in [0.1, 0.15) is 17.0 Å². The third kappa shape index (κ3) is 5.26. The van der Waals surface area contributed by atoms with Crippen molar-refractivity contribution in [3.8, 4) is 22.6 Å². The molecule has 1 fully saturated rings. The molecule has 37 heavy (non-hydrogen) atoms. The Kier molecular flexibility index (Phi) is 6.78. The van der Waals surface area contributed by atoms with Gasteiger partial charge in [0.25, 0.3) is 5.56 Å². The highest BCUT2D eigenvalue weighted by Crippen LogP contribution is 2.34. The van der Waals surface area contributed by atoms with Crippen molar-refractivity contribution >= 4 is 22.6 Å². The van der Waals surface area contributed by atoms with Crippen molar-refractivity contribution in [2.45, 2.75) is 6.54 Å². The van der Waals surface area contributed by atoms with E-state index in [0.29, 0.717) is 36.3 Å². The Hall–Kier alpha value is -4.37. The van der Waals surface area contributed by atoms with Crippen LogP contribution in [-0.2, 0) is 11.3 Å². The van der Waals surface area contributed by atoms with Gasteiger partial charge in [-0.25, -0.2) is 5.10 Å². The van der Waals surface area contributed by atoms with Gasteiger partial charge in [-0.3, -0.25) is 9.59 Å². The molecule has 0 radical (unpaired) electrons. The van der Waals surface area contributed by atoms with Gasteiger partial charge >= 0.3 is 0 Å². The summed E-state index contributed by atoms with van der Waals surface area (Å²) in [6, 6.07) is 17.3. The molecule has 9 heteroatoms. The summed E-state index contributed by atoms with van der Waals surface area (Å²) >= 11 is 0. The van der Waals surface area contributed by atoms with Crippen molar-refractivity contribution in [1.29, 1.82) is 0 Å². The first-order valence-electron chi connectivity index (χ1n) is 12.2. The van der Waals surface area contributed by atoms with Crippen LogP contribution in [0.4, 0.5) is 5.82 Å². The molecule has 0 saturated carbocycles. The van der Waals surface area contributed by atoms with Crippen molar-refractivity contribution in [1.82, 2.24) is 24.6 Å². The van der Waals surface area contributed by atoms with E-state index in [1.165, 1.54) is 0 Å². The number of para-hydroxylation sites is 1. The molecule has 1 aliphatic rings. The minimum absolute atomic E-state index is 0.0141. The van der Waals surface area contributed by atoms with E-state index in [0.717, 1.165) is 23.4 Å². The summed E-state index contributed by atoms with van der Waals surface area (Å²) in [7, 11) is 3.92. The van der Waals surface area contributed by atoms with Crippen LogP contribution >= 0.6 is 0 Å². The third-order valence-corrected chi connectivity index (χ3v) is 6.43. The summed E-state index contributed by atoms with van der Waals surface area (Å²) in [4.78, 5) is 29.0. The highest BCUT2D eigenvalue weighted by atomic mass is 16.5. The van der Waals surface area contributed by atoms with Gasteiger partial charge in [-0.2, -0.15) is 5.10 Å². The second-order valence-corrected chi connectivity index (χ2v) is 9.57. The van der Waals surface area contributed by atoms with Crippen molar-refractivity contribution in [2.75, 3.05) is 39.5 Å². The normalized spacial score (nSPS) is 14.0. The van der Waals surface area contributed by atoms with Gasteiger partial charge in [-0.15, -0.1) is 0 Å². The number of carbonyl (C=O) groups is 1. The number of hydrogen-bond acceptors (Lipinski definition) is 6. The van der Waals surface area contributed by atoms with Gasteiger partial charge in [0, 0.05) is 49.9 Å². The predicted molar refractivity (Wildman–Crippen MR) is 144 cm³/mol. The molecular weight excluding hydrogens is 468 g/mol. The number of aromatic amines is 1. The maximum atomic E-state index is 12.8. The monoisotopic (exact) mass is 498 g/mol. The maximum absolute atomic E-state index is 12.8. The smallest absolute Gasteiger partial charge is 0.288 e. The Morgan fingerprint density at radius 1 is 1.14 bits per heavy atom. The highest BCUT2D eigenvalue weighted by molar-refractivity contribution is 6.02. The number of likely N-dealkylation sites (tertiary alicyclic amines) is 1. The fourth-order valence-corrected chi connectivity index (χ4v) is 4.58. The number of aromatic nitrogens is 3. The Balaban J connectivity index is 1.36. The summed E-state index contributed by atoms with van der Waals surface area (Å²) in [5, 5.41) is 7.14. The number of anilines is 1. The first-order valence-corrected chi connectivity index (χ1v) is 12.2. The fourth-order valence-electron chi connectivity index (χ4n) is 4.58. The molecule has 9 nitrogen and oxygen atoms in total. The van der Waals surface area contributed by atoms with E-state index >= 15 is 0 Å². The average Bonchev–Trinajstić information content (AvgIpc) is 3.25. The van der Waals surface area contributed by atoms with Gasteiger partial charge in [0.2, 0.25) is 5.91 Å². The topological polar surface area (TPSA) is 109 Å². The van der Waals surface area contributed by atoms with E-state index in [-0.39, 0.29) is 23.2 Å². The van der Waals surface area contributed by atoms with E-state index < -0.39 is 0 Å². The molecular formula is C28H30N6O3. The molecule has 0 atom stereocenters. The zero-order valence-corrected chi connectivity index (χ0v) is 20.9. The van der Waals surface area contributed by atoms with Crippen molar-refractivity contribution < 1.29 is 9.53 Å². The van der Waals surface area contributed by atoms with Gasteiger partial charge < -0.3 is 24.8 Å². The van der Waals surface area contributed by atoms with Crippen LogP contribution in [0.1, 0.15) is 0 Å². The Morgan fingerprint density at radius 2 is 1.84 bits per heavy atom. The molecule has 0 bridgehead atoms. The van der Waals surface area contributed by atoms with E-state index in [2.05, 4.69) is 10.2 Å². The molecule has 1 amide bonds. The number of likely N-dealkylation sites (N-methyl/N-ethyl adjacent to an activating group) is 1. The quantitative estimate of drug-likeness (QED) is 0.361. The molecule has 0 unspecified atom stereocenters. The van der Waals surface area contributed by atoms with E-state index in [9.17, 15) is 9.59 Å². The number of H-pyrrole nitrogens is 1. The molecule has 3 heterocycles. The van der Waals surface area contributed by atoms with Gasteiger partial charge in [0.15, 0.2) is 5.82 Å². The van der Waals surface area contributed by atoms with E-state index in [1.54, 1.807) is 6.08 Å².